The quantitative estimate of drug-likeness (QED) is 0.903. The van der Waals surface area contributed by atoms with E-state index in [0.29, 0.717) is 16.8 Å². The average Bonchev–Trinajstić information content (AvgIpc) is 2.38. The number of aromatic nitrogens is 1. The molecule has 0 saturated heterocycles. The van der Waals surface area contributed by atoms with Crippen molar-refractivity contribution in [3.8, 4) is 0 Å². The van der Waals surface area contributed by atoms with Crippen LogP contribution in [0.1, 0.15) is 34.6 Å². The summed E-state index contributed by atoms with van der Waals surface area (Å²) in [4.78, 5) is 16.2. The number of benzene rings is 1. The molecule has 0 fully saturated rings. The molecule has 1 unspecified atom stereocenters. The molecule has 3 N–H and O–H groups in total. The summed E-state index contributed by atoms with van der Waals surface area (Å²) in [5.41, 5.74) is 7.61. The van der Waals surface area contributed by atoms with E-state index >= 15 is 0 Å². The lowest BCUT2D eigenvalue weighted by atomic mass is 10.1. The van der Waals surface area contributed by atoms with Gasteiger partial charge in [0.15, 0.2) is 0 Å². The second-order valence-corrected chi connectivity index (χ2v) is 4.63. The number of nitrogens with one attached hydrogen (secondary N) is 1. The first-order valence-electron chi connectivity index (χ1n) is 6.26. The molecule has 0 aliphatic heterocycles. The van der Waals surface area contributed by atoms with E-state index < -0.39 is 6.04 Å². The third-order valence-electron chi connectivity index (χ3n) is 3.04. The molecule has 2 rings (SSSR count). The lowest BCUT2D eigenvalue weighted by Crippen LogP contribution is -2.28. The number of anilines is 1. The van der Waals surface area contributed by atoms with Crippen molar-refractivity contribution in [3.63, 3.8) is 0 Å². The molecule has 0 bridgehead atoms. The van der Waals surface area contributed by atoms with Gasteiger partial charge in [-0.25, -0.2) is 4.39 Å². The molecule has 1 aromatic heterocycles. The highest BCUT2D eigenvalue weighted by molar-refractivity contribution is 5.99. The standard InChI is InChI=1S/C15H16FN3O/c1-9-7-14(17)12(8-18-9)15(20)19-10(2)11-5-3-4-6-13(11)16/h3-8,10H,1-2H3,(H2,17,18)(H,19,20). The largest absolute Gasteiger partial charge is 0.398 e. The Morgan fingerprint density at radius 3 is 2.75 bits per heavy atom. The van der Waals surface area contributed by atoms with Crippen LogP contribution in [0.4, 0.5) is 10.1 Å². The van der Waals surface area contributed by atoms with E-state index in [1.54, 1.807) is 38.1 Å². The zero-order valence-corrected chi connectivity index (χ0v) is 11.4. The molecule has 1 heterocycles. The van der Waals surface area contributed by atoms with Crippen molar-refractivity contribution in [2.24, 2.45) is 0 Å². The predicted molar refractivity (Wildman–Crippen MR) is 75.7 cm³/mol. The van der Waals surface area contributed by atoms with Gasteiger partial charge in [-0.1, -0.05) is 18.2 Å². The highest BCUT2D eigenvalue weighted by Crippen LogP contribution is 2.18. The number of aryl methyl sites for hydroxylation is 1. The minimum absolute atomic E-state index is 0.291. The number of amides is 1. The molecule has 1 aromatic carbocycles. The summed E-state index contributed by atoms with van der Waals surface area (Å²) in [5.74, 6) is -0.721. The van der Waals surface area contributed by atoms with Gasteiger partial charge in [0.2, 0.25) is 0 Å². The van der Waals surface area contributed by atoms with E-state index in [1.807, 2.05) is 0 Å². The number of halogens is 1. The monoisotopic (exact) mass is 273 g/mol. The van der Waals surface area contributed by atoms with Crippen molar-refractivity contribution in [3.05, 3.63) is 59.2 Å². The van der Waals surface area contributed by atoms with Gasteiger partial charge in [-0.15, -0.1) is 0 Å². The van der Waals surface area contributed by atoms with Crippen molar-refractivity contribution in [1.82, 2.24) is 10.3 Å². The first-order valence-corrected chi connectivity index (χ1v) is 6.26. The van der Waals surface area contributed by atoms with Crippen LogP contribution in [0.15, 0.2) is 36.5 Å². The highest BCUT2D eigenvalue weighted by atomic mass is 19.1. The van der Waals surface area contributed by atoms with Gasteiger partial charge in [0, 0.05) is 23.1 Å². The number of hydrogen-bond acceptors (Lipinski definition) is 3. The first kappa shape index (κ1) is 14.0. The normalized spacial score (nSPS) is 11.9. The van der Waals surface area contributed by atoms with Crippen LogP contribution in [-0.2, 0) is 0 Å². The van der Waals surface area contributed by atoms with E-state index in [0.717, 1.165) is 5.69 Å². The minimum Gasteiger partial charge on any atom is -0.398 e. The molecule has 1 amide bonds. The van der Waals surface area contributed by atoms with Gasteiger partial charge in [0.1, 0.15) is 5.82 Å². The summed E-state index contributed by atoms with van der Waals surface area (Å²) >= 11 is 0. The Kier molecular flexibility index (Phi) is 3.98. The molecule has 104 valence electrons. The van der Waals surface area contributed by atoms with E-state index in [1.165, 1.54) is 12.3 Å². The number of carbonyl (C=O) groups is 1. The summed E-state index contributed by atoms with van der Waals surface area (Å²) in [6.45, 7) is 3.51. The molecule has 0 saturated carbocycles. The molecular formula is C15H16FN3O. The summed E-state index contributed by atoms with van der Waals surface area (Å²) < 4.78 is 13.6. The van der Waals surface area contributed by atoms with Crippen LogP contribution in [0.5, 0.6) is 0 Å². The summed E-state index contributed by atoms with van der Waals surface area (Å²) in [7, 11) is 0. The second-order valence-electron chi connectivity index (χ2n) is 4.63. The minimum atomic E-state index is -0.454. The van der Waals surface area contributed by atoms with Crippen LogP contribution in [0.3, 0.4) is 0 Å². The topological polar surface area (TPSA) is 68.0 Å². The number of hydrogen-bond donors (Lipinski definition) is 2. The molecule has 1 atom stereocenters. The number of nitrogens with two attached hydrogens (primary N) is 1. The number of pyridine rings is 1. The van der Waals surface area contributed by atoms with Crippen molar-refractivity contribution >= 4 is 11.6 Å². The Hall–Kier alpha value is -2.43. The fourth-order valence-corrected chi connectivity index (χ4v) is 1.95. The molecule has 0 aliphatic rings. The Morgan fingerprint density at radius 1 is 1.40 bits per heavy atom. The van der Waals surface area contributed by atoms with Gasteiger partial charge in [-0.2, -0.15) is 0 Å². The molecule has 0 spiro atoms. The smallest absolute Gasteiger partial charge is 0.255 e. The van der Waals surface area contributed by atoms with Gasteiger partial charge in [0.05, 0.1) is 11.6 Å². The maximum atomic E-state index is 13.6. The third kappa shape index (κ3) is 2.93. The van der Waals surface area contributed by atoms with Gasteiger partial charge >= 0.3 is 0 Å². The van der Waals surface area contributed by atoms with E-state index in [2.05, 4.69) is 10.3 Å². The lowest BCUT2D eigenvalue weighted by Gasteiger charge is -2.15. The molecule has 4 nitrogen and oxygen atoms in total. The van der Waals surface area contributed by atoms with Gasteiger partial charge in [-0.05, 0) is 26.0 Å². The van der Waals surface area contributed by atoms with Gasteiger partial charge in [-0.3, -0.25) is 9.78 Å². The maximum absolute atomic E-state index is 13.6. The van der Waals surface area contributed by atoms with Crippen LogP contribution in [0.25, 0.3) is 0 Å². The number of carbonyl (C=O) groups excluding carboxylic acids is 1. The summed E-state index contributed by atoms with van der Waals surface area (Å²) in [6.07, 6.45) is 1.42. The van der Waals surface area contributed by atoms with Crippen LogP contribution in [-0.4, -0.2) is 10.9 Å². The predicted octanol–water partition coefficient (Wildman–Crippen LogP) is 2.60. The highest BCUT2D eigenvalue weighted by Gasteiger charge is 2.16. The van der Waals surface area contributed by atoms with Crippen LogP contribution >= 0.6 is 0 Å². The van der Waals surface area contributed by atoms with Gasteiger partial charge < -0.3 is 11.1 Å². The number of rotatable bonds is 3. The van der Waals surface area contributed by atoms with Crippen molar-refractivity contribution in [2.75, 3.05) is 5.73 Å². The Morgan fingerprint density at radius 2 is 2.10 bits per heavy atom. The molecular weight excluding hydrogens is 257 g/mol. The van der Waals surface area contributed by atoms with E-state index in [9.17, 15) is 9.18 Å². The van der Waals surface area contributed by atoms with Crippen molar-refractivity contribution < 1.29 is 9.18 Å². The molecule has 0 radical (unpaired) electrons. The van der Waals surface area contributed by atoms with Crippen LogP contribution in [0, 0.1) is 12.7 Å². The van der Waals surface area contributed by atoms with Gasteiger partial charge in [0.25, 0.3) is 5.91 Å². The Balaban J connectivity index is 2.17. The second kappa shape index (κ2) is 5.69. The molecule has 2 aromatic rings. The van der Waals surface area contributed by atoms with E-state index in [-0.39, 0.29) is 11.7 Å². The maximum Gasteiger partial charge on any atom is 0.255 e. The number of nitrogen functional groups attached to an aromatic ring is 1. The fraction of sp³-hybridized carbons (Fsp3) is 0.200. The van der Waals surface area contributed by atoms with Crippen molar-refractivity contribution in [1.29, 1.82) is 0 Å². The third-order valence-corrected chi connectivity index (χ3v) is 3.04. The average molecular weight is 273 g/mol. The first-order chi connectivity index (χ1) is 9.49. The zero-order chi connectivity index (χ0) is 14.7. The summed E-state index contributed by atoms with van der Waals surface area (Å²) in [6, 6.07) is 7.50. The Labute approximate surface area is 116 Å². The molecule has 0 aliphatic carbocycles. The SMILES string of the molecule is Cc1cc(N)c(C(=O)NC(C)c2ccccc2F)cn1. The van der Waals surface area contributed by atoms with Crippen LogP contribution < -0.4 is 11.1 Å². The number of nitrogens with zero attached hydrogens (tertiary/aromatic N) is 1. The fourth-order valence-electron chi connectivity index (χ4n) is 1.95. The van der Waals surface area contributed by atoms with Crippen LogP contribution in [0.2, 0.25) is 0 Å². The molecule has 20 heavy (non-hydrogen) atoms. The summed E-state index contributed by atoms with van der Waals surface area (Å²) in [5, 5.41) is 2.71. The van der Waals surface area contributed by atoms with Crippen molar-refractivity contribution in [2.45, 2.75) is 19.9 Å². The lowest BCUT2D eigenvalue weighted by molar-refractivity contribution is 0.0940. The Bertz CT molecular complexity index is 643. The van der Waals surface area contributed by atoms with E-state index in [4.69, 9.17) is 5.73 Å². The zero-order valence-electron chi connectivity index (χ0n) is 11.4. The molecule has 5 heteroatoms.